The molecule has 0 aliphatic carbocycles. The van der Waals surface area contributed by atoms with Gasteiger partial charge in [-0.1, -0.05) is 43.8 Å². The predicted molar refractivity (Wildman–Crippen MR) is 118 cm³/mol. The first-order valence-corrected chi connectivity index (χ1v) is 11.3. The van der Waals surface area contributed by atoms with Gasteiger partial charge >= 0.3 is 0 Å². The minimum Gasteiger partial charge on any atom is -0.378 e. The summed E-state index contributed by atoms with van der Waals surface area (Å²) in [4.78, 5) is 14.9. The van der Waals surface area contributed by atoms with Crippen LogP contribution in [0.4, 0.5) is 4.39 Å². The van der Waals surface area contributed by atoms with Crippen LogP contribution in [0.3, 0.4) is 0 Å². The van der Waals surface area contributed by atoms with E-state index in [-0.39, 0.29) is 17.6 Å². The monoisotopic (exact) mass is 440 g/mol. The van der Waals surface area contributed by atoms with Gasteiger partial charge in [0, 0.05) is 36.0 Å². The van der Waals surface area contributed by atoms with Crippen molar-refractivity contribution in [1.29, 1.82) is 0 Å². The van der Waals surface area contributed by atoms with Gasteiger partial charge < -0.3 is 9.64 Å². The first kappa shape index (κ1) is 21.5. The molecule has 162 valence electrons. The van der Waals surface area contributed by atoms with E-state index in [9.17, 15) is 9.18 Å². The second-order valence-electron chi connectivity index (χ2n) is 7.66. The SMILES string of the molecule is CC(C)c1nnc(SCc2ccccc2C(=O)N2CCOCC2)n1-c1ccc(F)cc1. The van der Waals surface area contributed by atoms with Gasteiger partial charge in [-0.3, -0.25) is 9.36 Å². The Hall–Kier alpha value is -2.71. The number of hydrogen-bond acceptors (Lipinski definition) is 5. The highest BCUT2D eigenvalue weighted by atomic mass is 32.2. The van der Waals surface area contributed by atoms with Crippen LogP contribution in [0.5, 0.6) is 0 Å². The molecular weight excluding hydrogens is 415 g/mol. The summed E-state index contributed by atoms with van der Waals surface area (Å²) in [6, 6.07) is 14.0. The summed E-state index contributed by atoms with van der Waals surface area (Å²) >= 11 is 1.52. The highest BCUT2D eigenvalue weighted by Gasteiger charge is 2.22. The summed E-state index contributed by atoms with van der Waals surface area (Å²) < 4.78 is 20.8. The van der Waals surface area contributed by atoms with Gasteiger partial charge in [0.25, 0.3) is 5.91 Å². The fourth-order valence-electron chi connectivity index (χ4n) is 3.52. The average molecular weight is 441 g/mol. The van der Waals surface area contributed by atoms with Gasteiger partial charge in [-0.15, -0.1) is 10.2 Å². The molecule has 0 saturated carbocycles. The summed E-state index contributed by atoms with van der Waals surface area (Å²) in [5.74, 6) is 1.29. The van der Waals surface area contributed by atoms with Crippen LogP contribution in [0.2, 0.25) is 0 Å². The molecule has 0 spiro atoms. The zero-order valence-electron chi connectivity index (χ0n) is 17.6. The minimum absolute atomic E-state index is 0.0300. The first-order chi connectivity index (χ1) is 15.0. The number of benzene rings is 2. The van der Waals surface area contributed by atoms with Crippen molar-refractivity contribution in [3.8, 4) is 5.69 Å². The van der Waals surface area contributed by atoms with Gasteiger partial charge in [-0.2, -0.15) is 0 Å². The number of thioether (sulfide) groups is 1. The zero-order valence-corrected chi connectivity index (χ0v) is 18.4. The number of halogens is 1. The number of hydrogen-bond donors (Lipinski definition) is 0. The lowest BCUT2D eigenvalue weighted by molar-refractivity contribution is 0.0302. The van der Waals surface area contributed by atoms with Crippen LogP contribution < -0.4 is 0 Å². The summed E-state index contributed by atoms with van der Waals surface area (Å²) in [5, 5.41) is 9.46. The van der Waals surface area contributed by atoms with Crippen LogP contribution in [-0.4, -0.2) is 51.9 Å². The summed E-state index contributed by atoms with van der Waals surface area (Å²) in [6.45, 7) is 6.46. The molecular formula is C23H25FN4O2S. The van der Waals surface area contributed by atoms with Gasteiger partial charge in [-0.05, 0) is 35.9 Å². The molecule has 0 bridgehead atoms. The Kier molecular flexibility index (Phi) is 6.67. The van der Waals surface area contributed by atoms with Crippen LogP contribution >= 0.6 is 11.8 Å². The Labute approximate surface area is 185 Å². The summed E-state index contributed by atoms with van der Waals surface area (Å²) in [5.41, 5.74) is 2.47. The maximum absolute atomic E-state index is 13.4. The number of ether oxygens (including phenoxy) is 1. The zero-order chi connectivity index (χ0) is 21.8. The molecule has 2 heterocycles. The second kappa shape index (κ2) is 9.62. The Morgan fingerprint density at radius 3 is 2.52 bits per heavy atom. The van der Waals surface area contributed by atoms with E-state index in [1.54, 1.807) is 12.1 Å². The molecule has 1 saturated heterocycles. The van der Waals surface area contributed by atoms with E-state index >= 15 is 0 Å². The molecule has 1 aromatic heterocycles. The van der Waals surface area contributed by atoms with E-state index in [2.05, 4.69) is 24.0 Å². The van der Waals surface area contributed by atoms with Gasteiger partial charge in [0.2, 0.25) is 0 Å². The van der Waals surface area contributed by atoms with Gasteiger partial charge in [0.1, 0.15) is 11.6 Å². The largest absolute Gasteiger partial charge is 0.378 e. The number of amides is 1. The normalized spacial score (nSPS) is 14.3. The van der Waals surface area contributed by atoms with E-state index in [1.807, 2.05) is 33.7 Å². The molecule has 3 aromatic rings. The number of morpholine rings is 1. The Morgan fingerprint density at radius 1 is 1.10 bits per heavy atom. The average Bonchev–Trinajstić information content (AvgIpc) is 3.23. The van der Waals surface area contributed by atoms with Crippen LogP contribution in [0, 0.1) is 5.82 Å². The second-order valence-corrected chi connectivity index (χ2v) is 8.60. The number of carbonyl (C=O) groups excluding carboxylic acids is 1. The molecule has 1 aliphatic rings. The minimum atomic E-state index is -0.285. The molecule has 0 atom stereocenters. The maximum atomic E-state index is 13.4. The quantitative estimate of drug-likeness (QED) is 0.535. The Bertz CT molecular complexity index is 1050. The van der Waals surface area contributed by atoms with E-state index in [1.165, 1.54) is 23.9 Å². The third-order valence-corrected chi connectivity index (χ3v) is 6.14. The first-order valence-electron chi connectivity index (χ1n) is 10.3. The van der Waals surface area contributed by atoms with E-state index in [0.717, 1.165) is 17.1 Å². The standard InChI is InChI=1S/C23H25FN4O2S/c1-16(2)21-25-26-23(28(21)19-9-7-18(24)8-10-19)31-15-17-5-3-4-6-20(17)22(29)27-11-13-30-14-12-27/h3-10,16H,11-15H2,1-2H3. The molecule has 1 amide bonds. The van der Waals surface area contributed by atoms with Crippen LogP contribution in [0.1, 0.15) is 41.5 Å². The Morgan fingerprint density at radius 2 is 1.81 bits per heavy atom. The van der Waals surface area contributed by atoms with E-state index in [0.29, 0.717) is 42.8 Å². The number of carbonyl (C=O) groups is 1. The summed E-state index contributed by atoms with van der Waals surface area (Å²) in [7, 11) is 0. The highest BCUT2D eigenvalue weighted by molar-refractivity contribution is 7.98. The molecule has 8 heteroatoms. The van der Waals surface area contributed by atoms with Crippen molar-refractivity contribution in [2.24, 2.45) is 0 Å². The fourth-order valence-corrected chi connectivity index (χ4v) is 4.48. The van der Waals surface area contributed by atoms with Crippen LogP contribution in [0.25, 0.3) is 5.69 Å². The van der Waals surface area contributed by atoms with Crippen molar-refractivity contribution in [2.45, 2.75) is 30.7 Å². The highest BCUT2D eigenvalue weighted by Crippen LogP contribution is 2.29. The number of rotatable bonds is 6. The molecule has 0 N–H and O–H groups in total. The molecule has 6 nitrogen and oxygen atoms in total. The topological polar surface area (TPSA) is 60.3 Å². The molecule has 2 aromatic carbocycles. The van der Waals surface area contributed by atoms with Crippen molar-refractivity contribution < 1.29 is 13.9 Å². The molecule has 0 radical (unpaired) electrons. The van der Waals surface area contributed by atoms with Crippen molar-refractivity contribution in [3.05, 3.63) is 71.3 Å². The van der Waals surface area contributed by atoms with Crippen LogP contribution in [0.15, 0.2) is 53.7 Å². The van der Waals surface area contributed by atoms with Crippen molar-refractivity contribution in [1.82, 2.24) is 19.7 Å². The van der Waals surface area contributed by atoms with Crippen molar-refractivity contribution in [3.63, 3.8) is 0 Å². The smallest absolute Gasteiger partial charge is 0.254 e. The van der Waals surface area contributed by atoms with Gasteiger partial charge in [0.15, 0.2) is 5.16 Å². The lowest BCUT2D eigenvalue weighted by Crippen LogP contribution is -2.41. The van der Waals surface area contributed by atoms with Gasteiger partial charge in [0.05, 0.1) is 13.2 Å². The van der Waals surface area contributed by atoms with Gasteiger partial charge in [-0.25, -0.2) is 4.39 Å². The third kappa shape index (κ3) is 4.80. The molecule has 1 fully saturated rings. The van der Waals surface area contributed by atoms with Crippen molar-refractivity contribution >= 4 is 17.7 Å². The summed E-state index contributed by atoms with van der Waals surface area (Å²) in [6.07, 6.45) is 0. The molecule has 0 unspecified atom stereocenters. The Balaban J connectivity index is 1.59. The third-order valence-electron chi connectivity index (χ3n) is 5.16. The number of nitrogens with zero attached hydrogens (tertiary/aromatic N) is 4. The number of aromatic nitrogens is 3. The lowest BCUT2D eigenvalue weighted by Gasteiger charge is -2.27. The molecule has 4 rings (SSSR count). The van der Waals surface area contributed by atoms with Crippen molar-refractivity contribution in [2.75, 3.05) is 26.3 Å². The van der Waals surface area contributed by atoms with E-state index < -0.39 is 0 Å². The van der Waals surface area contributed by atoms with Crippen LogP contribution in [-0.2, 0) is 10.5 Å². The predicted octanol–water partition coefficient (Wildman–Crippen LogP) is 4.29. The molecule has 1 aliphatic heterocycles. The fraction of sp³-hybridized carbons (Fsp3) is 0.348. The molecule has 31 heavy (non-hydrogen) atoms. The van der Waals surface area contributed by atoms with E-state index in [4.69, 9.17) is 4.74 Å². The lowest BCUT2D eigenvalue weighted by atomic mass is 10.1. The maximum Gasteiger partial charge on any atom is 0.254 e.